The van der Waals surface area contributed by atoms with Crippen LogP contribution in [0.3, 0.4) is 0 Å². The molecule has 1 aromatic rings. The van der Waals surface area contributed by atoms with Crippen LogP contribution in [0.2, 0.25) is 0 Å². The number of benzene rings is 1. The number of hydrogen-bond donors (Lipinski definition) is 0. The molecule has 2 heteroatoms. The maximum atomic E-state index is 5.58. The molecule has 0 aliphatic rings. The predicted octanol–water partition coefficient (Wildman–Crippen LogP) is 3.83. The van der Waals surface area contributed by atoms with E-state index in [4.69, 9.17) is 9.47 Å². The molecular weight excluding hydrogens is 200 g/mol. The van der Waals surface area contributed by atoms with E-state index in [1.54, 1.807) is 7.11 Å². The quantitative estimate of drug-likeness (QED) is 0.684. The van der Waals surface area contributed by atoms with E-state index in [1.165, 1.54) is 5.56 Å². The Kier molecular flexibility index (Phi) is 9.83. The Balaban J connectivity index is 0.00000106. The first kappa shape index (κ1) is 15.0. The lowest BCUT2D eigenvalue weighted by molar-refractivity contribution is 0.184. The summed E-state index contributed by atoms with van der Waals surface area (Å²) in [7, 11) is 1.72. The van der Waals surface area contributed by atoms with Gasteiger partial charge in [-0.1, -0.05) is 26.0 Å². The van der Waals surface area contributed by atoms with E-state index >= 15 is 0 Å². The van der Waals surface area contributed by atoms with E-state index in [9.17, 15) is 0 Å². The summed E-state index contributed by atoms with van der Waals surface area (Å²) < 4.78 is 10.5. The Labute approximate surface area is 99.6 Å². The van der Waals surface area contributed by atoms with Crippen molar-refractivity contribution >= 4 is 0 Å². The molecule has 16 heavy (non-hydrogen) atoms. The smallest absolute Gasteiger partial charge is 0.119 e. The monoisotopic (exact) mass is 224 g/mol. The van der Waals surface area contributed by atoms with Crippen LogP contribution in [0.5, 0.6) is 5.75 Å². The second kappa shape index (κ2) is 10.5. The molecule has 1 aromatic carbocycles. The lowest BCUT2D eigenvalue weighted by atomic mass is 10.2. The highest BCUT2D eigenvalue weighted by molar-refractivity contribution is 5.27. The lowest BCUT2D eigenvalue weighted by Crippen LogP contribution is -1.99. The van der Waals surface area contributed by atoms with Crippen molar-refractivity contribution in [2.75, 3.05) is 20.3 Å². The van der Waals surface area contributed by atoms with Crippen LogP contribution in [-0.4, -0.2) is 20.3 Å². The molecule has 0 aromatic heterocycles. The average Bonchev–Trinajstić information content (AvgIpc) is 2.32. The molecule has 2 nitrogen and oxygen atoms in total. The van der Waals surface area contributed by atoms with E-state index in [0.717, 1.165) is 31.8 Å². The first-order valence-electron chi connectivity index (χ1n) is 6.01. The zero-order chi connectivity index (χ0) is 12.2. The second-order valence-electron chi connectivity index (χ2n) is 3.36. The average molecular weight is 224 g/mol. The van der Waals surface area contributed by atoms with E-state index in [2.05, 4.69) is 19.1 Å². The minimum atomic E-state index is 0.771. The second-order valence-corrected chi connectivity index (χ2v) is 3.36. The number of hydrogen-bond acceptors (Lipinski definition) is 2. The largest absolute Gasteiger partial charge is 0.494 e. The fourth-order valence-electron chi connectivity index (χ4n) is 1.24. The van der Waals surface area contributed by atoms with E-state index in [-0.39, 0.29) is 0 Å². The Morgan fingerprint density at radius 3 is 2.38 bits per heavy atom. The molecule has 0 spiro atoms. The third-order valence-corrected chi connectivity index (χ3v) is 2.00. The number of rotatable bonds is 6. The molecule has 0 atom stereocenters. The Morgan fingerprint density at radius 2 is 1.75 bits per heavy atom. The molecule has 0 bridgehead atoms. The van der Waals surface area contributed by atoms with Crippen molar-refractivity contribution in [2.24, 2.45) is 0 Å². The van der Waals surface area contributed by atoms with E-state index < -0.39 is 0 Å². The van der Waals surface area contributed by atoms with Crippen molar-refractivity contribution in [3.63, 3.8) is 0 Å². The maximum absolute atomic E-state index is 5.58. The topological polar surface area (TPSA) is 18.5 Å². The third kappa shape index (κ3) is 7.30. The van der Waals surface area contributed by atoms with Crippen molar-refractivity contribution < 1.29 is 9.47 Å². The Bertz CT molecular complexity index is 259. The van der Waals surface area contributed by atoms with Gasteiger partial charge < -0.3 is 9.47 Å². The zero-order valence-corrected chi connectivity index (χ0v) is 11.0. The van der Waals surface area contributed by atoms with Gasteiger partial charge in [0.25, 0.3) is 0 Å². The van der Waals surface area contributed by atoms with Gasteiger partial charge >= 0.3 is 0 Å². The molecule has 0 aliphatic carbocycles. The summed E-state index contributed by atoms with van der Waals surface area (Å²) in [5, 5.41) is 0. The molecule has 0 fully saturated rings. The normalized spacial score (nSPS) is 9.25. The van der Waals surface area contributed by atoms with Gasteiger partial charge in [-0.25, -0.2) is 0 Å². The van der Waals surface area contributed by atoms with Crippen molar-refractivity contribution in [1.29, 1.82) is 0 Å². The molecule has 0 aliphatic heterocycles. The molecule has 0 unspecified atom stereocenters. The van der Waals surface area contributed by atoms with Crippen LogP contribution in [0.4, 0.5) is 0 Å². The van der Waals surface area contributed by atoms with Gasteiger partial charge in [0.2, 0.25) is 0 Å². The zero-order valence-electron chi connectivity index (χ0n) is 11.0. The van der Waals surface area contributed by atoms with Crippen LogP contribution in [0.15, 0.2) is 24.3 Å². The first-order valence-corrected chi connectivity index (χ1v) is 6.01. The summed E-state index contributed by atoms with van der Waals surface area (Å²) in [4.78, 5) is 0. The molecule has 0 radical (unpaired) electrons. The van der Waals surface area contributed by atoms with Gasteiger partial charge in [0, 0.05) is 13.7 Å². The van der Waals surface area contributed by atoms with E-state index in [1.807, 2.05) is 26.0 Å². The maximum Gasteiger partial charge on any atom is 0.119 e. The number of aryl methyl sites for hydroxylation is 1. The summed E-state index contributed by atoms with van der Waals surface area (Å²) in [5.74, 6) is 0.961. The highest BCUT2D eigenvalue weighted by Crippen LogP contribution is 2.12. The number of methoxy groups -OCH3 is 1. The van der Waals surface area contributed by atoms with Crippen molar-refractivity contribution in [1.82, 2.24) is 0 Å². The third-order valence-electron chi connectivity index (χ3n) is 2.00. The lowest BCUT2D eigenvalue weighted by Gasteiger charge is -2.06. The molecule has 0 amide bonds. The van der Waals surface area contributed by atoms with Crippen molar-refractivity contribution in [3.05, 3.63) is 29.8 Å². The highest BCUT2D eigenvalue weighted by Gasteiger charge is 1.93. The van der Waals surface area contributed by atoms with Crippen LogP contribution in [-0.2, 0) is 4.74 Å². The minimum Gasteiger partial charge on any atom is -0.494 e. The predicted molar refractivity (Wildman–Crippen MR) is 69.1 cm³/mol. The molecule has 0 heterocycles. The van der Waals surface area contributed by atoms with Gasteiger partial charge in [0.05, 0.1) is 6.61 Å². The van der Waals surface area contributed by atoms with Gasteiger partial charge in [-0.3, -0.25) is 0 Å². The fraction of sp³-hybridized carbons (Fsp3) is 0.571. The molecular formula is C14H24O2. The van der Waals surface area contributed by atoms with Crippen molar-refractivity contribution in [2.45, 2.75) is 33.6 Å². The van der Waals surface area contributed by atoms with Gasteiger partial charge in [-0.15, -0.1) is 0 Å². The van der Waals surface area contributed by atoms with Crippen LogP contribution in [0.1, 0.15) is 32.3 Å². The van der Waals surface area contributed by atoms with Crippen molar-refractivity contribution in [3.8, 4) is 5.75 Å². The highest BCUT2D eigenvalue weighted by atomic mass is 16.5. The summed E-state index contributed by atoms with van der Waals surface area (Å²) >= 11 is 0. The van der Waals surface area contributed by atoms with Gasteiger partial charge in [-0.2, -0.15) is 0 Å². The first-order chi connectivity index (χ1) is 7.83. The van der Waals surface area contributed by atoms with Gasteiger partial charge in [-0.05, 0) is 37.5 Å². The summed E-state index contributed by atoms with van der Waals surface area (Å²) in [6.07, 6.45) is 2.10. The standard InChI is InChI=1S/C12H18O2.C2H6/c1-11-6-5-7-12(10-11)14-9-4-3-8-13-2;1-2/h5-7,10H,3-4,8-9H2,1-2H3;1-2H3. The summed E-state index contributed by atoms with van der Waals surface area (Å²) in [6.45, 7) is 7.65. The molecule has 1 rings (SSSR count). The summed E-state index contributed by atoms with van der Waals surface area (Å²) in [6, 6.07) is 8.12. The van der Waals surface area contributed by atoms with Crippen LogP contribution in [0, 0.1) is 6.92 Å². The fourth-order valence-corrected chi connectivity index (χ4v) is 1.24. The molecule has 0 saturated heterocycles. The van der Waals surface area contributed by atoms with Gasteiger partial charge in [0.15, 0.2) is 0 Å². The van der Waals surface area contributed by atoms with Crippen LogP contribution >= 0.6 is 0 Å². The Hall–Kier alpha value is -1.02. The van der Waals surface area contributed by atoms with Gasteiger partial charge in [0.1, 0.15) is 5.75 Å². The summed E-state index contributed by atoms with van der Waals surface area (Å²) in [5.41, 5.74) is 1.24. The number of ether oxygens (including phenoxy) is 2. The Morgan fingerprint density at radius 1 is 1.06 bits per heavy atom. The molecule has 0 saturated carbocycles. The molecule has 0 N–H and O–H groups in total. The minimum absolute atomic E-state index is 0.771. The van der Waals surface area contributed by atoms with Crippen LogP contribution < -0.4 is 4.74 Å². The van der Waals surface area contributed by atoms with E-state index in [0.29, 0.717) is 0 Å². The number of unbranched alkanes of at least 4 members (excludes halogenated alkanes) is 1. The van der Waals surface area contributed by atoms with Crippen LogP contribution in [0.25, 0.3) is 0 Å². The SMILES string of the molecule is CC.COCCCCOc1cccc(C)c1. The molecule has 92 valence electrons.